The molecule has 0 atom stereocenters. The van der Waals surface area contributed by atoms with E-state index < -0.39 is 0 Å². The molecule has 3 rings (SSSR count). The largest absolute Gasteiger partial charge is 0.336 e. The average molecular weight is 365 g/mol. The summed E-state index contributed by atoms with van der Waals surface area (Å²) in [7, 11) is 0. The zero-order valence-electron chi connectivity index (χ0n) is 11.1. The molecule has 0 saturated carbocycles. The molecule has 1 aromatic carbocycles. The van der Waals surface area contributed by atoms with Crippen molar-refractivity contribution < 1.29 is 9.59 Å². The molecule has 1 aliphatic heterocycles. The zero-order valence-corrected chi connectivity index (χ0v) is 13.5. The van der Waals surface area contributed by atoms with E-state index in [1.165, 1.54) is 11.3 Å². The number of anilines is 1. The maximum Gasteiger partial charge on any atom is 0.263 e. The third kappa shape index (κ3) is 3.16. The van der Waals surface area contributed by atoms with E-state index in [1.54, 1.807) is 4.90 Å². The quantitative estimate of drug-likeness (QED) is 0.908. The van der Waals surface area contributed by atoms with Crippen molar-refractivity contribution in [3.8, 4) is 0 Å². The summed E-state index contributed by atoms with van der Waals surface area (Å²) in [5, 5.41) is 4.75. The van der Waals surface area contributed by atoms with E-state index in [2.05, 4.69) is 21.2 Å². The third-order valence-corrected chi connectivity index (χ3v) is 4.77. The summed E-state index contributed by atoms with van der Waals surface area (Å²) in [4.78, 5) is 26.6. The van der Waals surface area contributed by atoms with Crippen molar-refractivity contribution in [3.05, 3.63) is 51.1 Å². The first-order valence-corrected chi connectivity index (χ1v) is 8.20. The Kier molecular flexibility index (Phi) is 4.07. The van der Waals surface area contributed by atoms with Crippen LogP contribution in [0.4, 0.5) is 5.69 Å². The number of benzene rings is 1. The molecule has 4 nitrogen and oxygen atoms in total. The molecular formula is C15H13BrN2O2S. The van der Waals surface area contributed by atoms with Crippen LogP contribution >= 0.6 is 27.3 Å². The van der Waals surface area contributed by atoms with Crippen LogP contribution in [0.3, 0.4) is 0 Å². The van der Waals surface area contributed by atoms with E-state index in [9.17, 15) is 9.59 Å². The summed E-state index contributed by atoms with van der Waals surface area (Å²) in [6.07, 6.45) is 0. The Labute approximate surface area is 134 Å². The van der Waals surface area contributed by atoms with Crippen molar-refractivity contribution in [1.29, 1.82) is 0 Å². The van der Waals surface area contributed by atoms with Gasteiger partial charge in [-0.2, -0.15) is 0 Å². The maximum atomic E-state index is 12.1. The Balaban J connectivity index is 1.53. The SMILES string of the molecule is O=C(Nc1ccc(Br)cc1)C1CN(C(=O)c2cccs2)C1. The first-order chi connectivity index (χ1) is 10.1. The topological polar surface area (TPSA) is 49.4 Å². The first-order valence-electron chi connectivity index (χ1n) is 6.52. The fraction of sp³-hybridized carbons (Fsp3) is 0.200. The molecular weight excluding hydrogens is 352 g/mol. The summed E-state index contributed by atoms with van der Waals surface area (Å²) in [6, 6.07) is 11.1. The first kappa shape index (κ1) is 14.3. The lowest BCUT2D eigenvalue weighted by Gasteiger charge is -2.37. The second-order valence-electron chi connectivity index (χ2n) is 4.88. The van der Waals surface area contributed by atoms with Crippen molar-refractivity contribution >= 4 is 44.8 Å². The van der Waals surface area contributed by atoms with Crippen molar-refractivity contribution in [1.82, 2.24) is 4.90 Å². The minimum absolute atomic E-state index is 0.0118. The molecule has 108 valence electrons. The van der Waals surface area contributed by atoms with Crippen LogP contribution in [0.25, 0.3) is 0 Å². The van der Waals surface area contributed by atoms with Gasteiger partial charge in [0.1, 0.15) is 0 Å². The van der Waals surface area contributed by atoms with Crippen molar-refractivity contribution in [2.75, 3.05) is 18.4 Å². The average Bonchev–Trinajstić information content (AvgIpc) is 2.93. The molecule has 1 fully saturated rings. The minimum Gasteiger partial charge on any atom is -0.336 e. The smallest absolute Gasteiger partial charge is 0.263 e. The minimum atomic E-state index is -0.127. The summed E-state index contributed by atoms with van der Waals surface area (Å²) < 4.78 is 0.969. The summed E-state index contributed by atoms with van der Waals surface area (Å²) in [6.45, 7) is 0.970. The van der Waals surface area contributed by atoms with Crippen molar-refractivity contribution in [2.24, 2.45) is 5.92 Å². The second kappa shape index (κ2) is 5.99. The van der Waals surface area contributed by atoms with E-state index in [0.717, 1.165) is 15.0 Å². The van der Waals surface area contributed by atoms with Gasteiger partial charge < -0.3 is 10.2 Å². The van der Waals surface area contributed by atoms with Crippen molar-refractivity contribution in [2.45, 2.75) is 0 Å². The van der Waals surface area contributed by atoms with E-state index in [4.69, 9.17) is 0 Å². The molecule has 2 amide bonds. The number of amides is 2. The van der Waals surface area contributed by atoms with Crippen molar-refractivity contribution in [3.63, 3.8) is 0 Å². The second-order valence-corrected chi connectivity index (χ2v) is 6.74. The number of hydrogen-bond acceptors (Lipinski definition) is 3. The van der Waals surface area contributed by atoms with E-state index >= 15 is 0 Å². The highest BCUT2D eigenvalue weighted by Gasteiger charge is 2.36. The molecule has 0 bridgehead atoms. The molecule has 1 N–H and O–H groups in total. The molecule has 0 radical (unpaired) electrons. The lowest BCUT2D eigenvalue weighted by atomic mass is 9.98. The fourth-order valence-corrected chi connectivity index (χ4v) is 3.10. The number of carbonyl (C=O) groups excluding carboxylic acids is 2. The van der Waals surface area contributed by atoms with E-state index in [0.29, 0.717) is 13.1 Å². The predicted molar refractivity (Wildman–Crippen MR) is 86.5 cm³/mol. The van der Waals surface area contributed by atoms with Gasteiger partial charge in [0, 0.05) is 23.2 Å². The highest BCUT2D eigenvalue weighted by atomic mass is 79.9. The van der Waals surface area contributed by atoms with Crippen LogP contribution in [0.1, 0.15) is 9.67 Å². The van der Waals surface area contributed by atoms with Gasteiger partial charge in [-0.25, -0.2) is 0 Å². The maximum absolute atomic E-state index is 12.1. The zero-order chi connectivity index (χ0) is 14.8. The number of thiophene rings is 1. The summed E-state index contributed by atoms with van der Waals surface area (Å²) in [5.41, 5.74) is 0.770. The van der Waals surface area contributed by atoms with Gasteiger partial charge in [0.15, 0.2) is 0 Å². The Morgan fingerprint density at radius 1 is 1.19 bits per heavy atom. The highest BCUT2D eigenvalue weighted by molar-refractivity contribution is 9.10. The fourth-order valence-electron chi connectivity index (χ4n) is 2.14. The normalized spacial score (nSPS) is 14.6. The lowest BCUT2D eigenvalue weighted by molar-refractivity contribution is -0.123. The third-order valence-electron chi connectivity index (χ3n) is 3.38. The molecule has 0 aliphatic carbocycles. The van der Waals surface area contributed by atoms with Crippen LogP contribution in [0, 0.1) is 5.92 Å². The van der Waals surface area contributed by atoms with Gasteiger partial charge in [0.2, 0.25) is 5.91 Å². The van der Waals surface area contributed by atoms with Crippen LogP contribution in [-0.4, -0.2) is 29.8 Å². The lowest BCUT2D eigenvalue weighted by Crippen LogP contribution is -2.54. The molecule has 0 unspecified atom stereocenters. The molecule has 2 aromatic rings. The molecule has 1 aliphatic rings. The van der Waals surface area contributed by atoms with Gasteiger partial charge in [-0.05, 0) is 35.7 Å². The Morgan fingerprint density at radius 2 is 1.90 bits per heavy atom. The van der Waals surface area contributed by atoms with Gasteiger partial charge in [-0.1, -0.05) is 22.0 Å². The van der Waals surface area contributed by atoms with E-state index in [-0.39, 0.29) is 17.7 Å². The highest BCUT2D eigenvalue weighted by Crippen LogP contribution is 2.22. The molecule has 1 saturated heterocycles. The van der Waals surface area contributed by atoms with Crippen LogP contribution in [0.15, 0.2) is 46.3 Å². The van der Waals surface area contributed by atoms with Gasteiger partial charge in [-0.3, -0.25) is 9.59 Å². The number of carbonyl (C=O) groups is 2. The molecule has 21 heavy (non-hydrogen) atoms. The van der Waals surface area contributed by atoms with Gasteiger partial charge in [0.05, 0.1) is 10.8 Å². The number of nitrogens with one attached hydrogen (secondary N) is 1. The Morgan fingerprint density at radius 3 is 2.52 bits per heavy atom. The molecule has 1 aromatic heterocycles. The summed E-state index contributed by atoms with van der Waals surface area (Å²) in [5.74, 6) is -0.150. The van der Waals surface area contributed by atoms with Crippen LogP contribution in [-0.2, 0) is 4.79 Å². The predicted octanol–water partition coefficient (Wildman–Crippen LogP) is 3.22. The molecule has 0 spiro atoms. The standard InChI is InChI=1S/C15H13BrN2O2S/c16-11-3-5-12(6-4-11)17-14(19)10-8-18(9-10)15(20)13-2-1-7-21-13/h1-7,10H,8-9H2,(H,17,19). The van der Waals surface area contributed by atoms with Gasteiger partial charge in [-0.15, -0.1) is 11.3 Å². The molecule has 2 heterocycles. The van der Waals surface area contributed by atoms with Gasteiger partial charge >= 0.3 is 0 Å². The number of halogens is 1. The molecule has 6 heteroatoms. The summed E-state index contributed by atoms with van der Waals surface area (Å²) >= 11 is 4.78. The Bertz CT molecular complexity index is 649. The Hall–Kier alpha value is -1.66. The van der Waals surface area contributed by atoms with Crippen LogP contribution < -0.4 is 5.32 Å². The number of rotatable bonds is 3. The monoisotopic (exact) mass is 364 g/mol. The van der Waals surface area contributed by atoms with Crippen LogP contribution in [0.2, 0.25) is 0 Å². The number of likely N-dealkylation sites (tertiary alicyclic amines) is 1. The van der Waals surface area contributed by atoms with Crippen LogP contribution in [0.5, 0.6) is 0 Å². The van der Waals surface area contributed by atoms with E-state index in [1.807, 2.05) is 41.8 Å². The van der Waals surface area contributed by atoms with Gasteiger partial charge in [0.25, 0.3) is 5.91 Å². The number of hydrogen-bond donors (Lipinski definition) is 1. The number of nitrogens with zero attached hydrogens (tertiary/aromatic N) is 1.